The molecule has 2 saturated heterocycles. The van der Waals surface area contributed by atoms with Crippen molar-refractivity contribution in [3.63, 3.8) is 0 Å². The minimum atomic E-state index is -0.403. The molecule has 8 nitrogen and oxygen atoms in total. The fourth-order valence-electron chi connectivity index (χ4n) is 5.48. The second-order valence-electron chi connectivity index (χ2n) is 11.0. The highest BCUT2D eigenvalue weighted by Gasteiger charge is 2.29. The van der Waals surface area contributed by atoms with Gasteiger partial charge in [0.2, 0.25) is 0 Å². The Morgan fingerprint density at radius 2 is 1.62 bits per heavy atom. The van der Waals surface area contributed by atoms with Crippen LogP contribution >= 0.6 is 0 Å². The van der Waals surface area contributed by atoms with Gasteiger partial charge in [0.25, 0.3) is 5.91 Å². The Hall–Kier alpha value is -3.10. The Bertz CT molecular complexity index is 1170. The SMILES string of the molecule is CC(C)c1cc(C(=O)N2Cc3ccc(CN4CCN(C)CC4)cc3C2)c(O)cc1OC(=O)N1CCCC1. The summed E-state index contributed by atoms with van der Waals surface area (Å²) in [4.78, 5) is 34.4. The van der Waals surface area contributed by atoms with E-state index in [0.29, 0.717) is 31.9 Å². The molecule has 198 valence electrons. The van der Waals surface area contributed by atoms with Crippen LogP contribution in [0.3, 0.4) is 0 Å². The van der Waals surface area contributed by atoms with E-state index in [1.165, 1.54) is 17.2 Å². The number of amides is 2. The highest BCUT2D eigenvalue weighted by atomic mass is 16.6. The number of benzene rings is 2. The maximum Gasteiger partial charge on any atom is 0.415 e. The van der Waals surface area contributed by atoms with E-state index in [2.05, 4.69) is 35.0 Å². The number of nitrogens with zero attached hydrogens (tertiary/aromatic N) is 4. The van der Waals surface area contributed by atoms with Crippen LogP contribution < -0.4 is 4.74 Å². The first-order valence-corrected chi connectivity index (χ1v) is 13.4. The van der Waals surface area contributed by atoms with Crippen molar-refractivity contribution in [3.05, 3.63) is 58.1 Å². The van der Waals surface area contributed by atoms with E-state index < -0.39 is 6.09 Å². The van der Waals surface area contributed by atoms with Crippen molar-refractivity contribution in [1.29, 1.82) is 0 Å². The molecule has 0 bridgehead atoms. The number of hydrogen-bond acceptors (Lipinski definition) is 6. The van der Waals surface area contributed by atoms with Crippen molar-refractivity contribution in [2.75, 3.05) is 46.3 Å². The Kier molecular flexibility index (Phi) is 7.40. The second-order valence-corrected chi connectivity index (χ2v) is 11.0. The van der Waals surface area contributed by atoms with E-state index in [1.54, 1.807) is 15.9 Å². The van der Waals surface area contributed by atoms with Crippen molar-refractivity contribution < 1.29 is 19.4 Å². The minimum absolute atomic E-state index is 0.0152. The summed E-state index contributed by atoms with van der Waals surface area (Å²) in [6.07, 6.45) is 1.54. The lowest BCUT2D eigenvalue weighted by molar-refractivity contribution is 0.0748. The number of rotatable bonds is 5. The standard InChI is InChI=1S/C29H38N4O4/c1-20(2)24-15-25(26(34)16-27(24)37-29(36)32-8-4-5-9-32)28(35)33-18-22-7-6-21(14-23(22)19-33)17-31-12-10-30(3)11-13-31/h6-7,14-16,20,34H,4-5,8-13,17-19H2,1-3H3. The number of aromatic hydroxyl groups is 1. The van der Waals surface area contributed by atoms with Crippen LogP contribution in [0.4, 0.5) is 4.79 Å². The van der Waals surface area contributed by atoms with Crippen LogP contribution in [0.25, 0.3) is 0 Å². The molecule has 0 unspecified atom stereocenters. The summed E-state index contributed by atoms with van der Waals surface area (Å²) in [6.45, 7) is 11.6. The van der Waals surface area contributed by atoms with Crippen molar-refractivity contribution in [2.24, 2.45) is 0 Å². The highest BCUT2D eigenvalue weighted by Crippen LogP contribution is 2.36. The van der Waals surface area contributed by atoms with Gasteiger partial charge in [-0.3, -0.25) is 9.69 Å². The first-order chi connectivity index (χ1) is 17.8. The molecule has 0 atom stereocenters. The van der Waals surface area contributed by atoms with E-state index in [4.69, 9.17) is 4.74 Å². The summed E-state index contributed by atoms with van der Waals surface area (Å²) < 4.78 is 5.66. The Balaban J connectivity index is 1.29. The molecule has 3 heterocycles. The highest BCUT2D eigenvalue weighted by molar-refractivity contribution is 5.97. The molecular weight excluding hydrogens is 468 g/mol. The summed E-state index contributed by atoms with van der Waals surface area (Å²) in [6, 6.07) is 9.64. The van der Waals surface area contributed by atoms with E-state index in [0.717, 1.165) is 56.7 Å². The zero-order valence-electron chi connectivity index (χ0n) is 22.2. The molecule has 0 spiro atoms. The number of piperazine rings is 1. The number of phenolic OH excluding ortho intramolecular Hbond substituents is 1. The lowest BCUT2D eigenvalue weighted by Crippen LogP contribution is -2.43. The molecule has 2 aromatic carbocycles. The fraction of sp³-hybridized carbons (Fsp3) is 0.517. The predicted molar refractivity (Wildman–Crippen MR) is 142 cm³/mol. The van der Waals surface area contributed by atoms with Crippen molar-refractivity contribution >= 4 is 12.0 Å². The smallest absolute Gasteiger partial charge is 0.415 e. The zero-order chi connectivity index (χ0) is 26.1. The van der Waals surface area contributed by atoms with E-state index in [1.807, 2.05) is 13.8 Å². The number of likely N-dealkylation sites (N-methyl/N-ethyl adjacent to an activating group) is 1. The van der Waals surface area contributed by atoms with Gasteiger partial charge >= 0.3 is 6.09 Å². The van der Waals surface area contributed by atoms with Gasteiger partial charge in [0.1, 0.15) is 11.5 Å². The summed E-state index contributed by atoms with van der Waals surface area (Å²) in [7, 11) is 2.16. The van der Waals surface area contributed by atoms with Gasteiger partial charge < -0.3 is 24.5 Å². The van der Waals surface area contributed by atoms with Gasteiger partial charge in [0.15, 0.2) is 0 Å². The molecule has 1 N–H and O–H groups in total. The van der Waals surface area contributed by atoms with E-state index in [9.17, 15) is 14.7 Å². The van der Waals surface area contributed by atoms with Gasteiger partial charge in [0, 0.05) is 65.0 Å². The van der Waals surface area contributed by atoms with Crippen LogP contribution in [0.1, 0.15) is 65.2 Å². The summed E-state index contributed by atoms with van der Waals surface area (Å²) in [5.41, 5.74) is 4.57. The molecule has 0 radical (unpaired) electrons. The van der Waals surface area contributed by atoms with Crippen molar-refractivity contribution in [1.82, 2.24) is 19.6 Å². The average Bonchev–Trinajstić information content (AvgIpc) is 3.55. The van der Waals surface area contributed by atoms with E-state index >= 15 is 0 Å². The molecule has 2 aromatic rings. The molecular formula is C29H38N4O4. The normalized spacial score (nSPS) is 18.5. The topological polar surface area (TPSA) is 76.6 Å². The molecule has 5 rings (SSSR count). The van der Waals surface area contributed by atoms with Crippen LogP contribution in [-0.2, 0) is 19.6 Å². The summed E-state index contributed by atoms with van der Waals surface area (Å²) in [5, 5.41) is 10.8. The number of carbonyl (C=O) groups excluding carboxylic acids is 2. The molecule has 3 aliphatic heterocycles. The van der Waals surface area contributed by atoms with Crippen molar-refractivity contribution in [2.45, 2.75) is 52.2 Å². The average molecular weight is 507 g/mol. The maximum absolute atomic E-state index is 13.5. The van der Waals surface area contributed by atoms with Crippen LogP contribution in [0, 0.1) is 0 Å². The molecule has 0 aliphatic carbocycles. The Morgan fingerprint density at radius 1 is 0.919 bits per heavy atom. The number of carbonyl (C=O) groups is 2. The van der Waals surface area contributed by atoms with Gasteiger partial charge in [-0.25, -0.2) is 4.79 Å². The molecule has 0 saturated carbocycles. The predicted octanol–water partition coefficient (Wildman–Crippen LogP) is 4.01. The van der Waals surface area contributed by atoms with Gasteiger partial charge in [-0.2, -0.15) is 0 Å². The first kappa shape index (κ1) is 25.5. The third-order valence-corrected chi connectivity index (χ3v) is 7.82. The number of hydrogen-bond donors (Lipinski definition) is 1. The number of fused-ring (bicyclic) bond motifs is 1. The fourth-order valence-corrected chi connectivity index (χ4v) is 5.48. The first-order valence-electron chi connectivity index (χ1n) is 13.4. The zero-order valence-corrected chi connectivity index (χ0v) is 22.2. The Morgan fingerprint density at radius 3 is 2.32 bits per heavy atom. The Labute approximate surface area is 219 Å². The maximum atomic E-state index is 13.5. The van der Waals surface area contributed by atoms with Crippen molar-refractivity contribution in [3.8, 4) is 11.5 Å². The second kappa shape index (κ2) is 10.7. The minimum Gasteiger partial charge on any atom is -0.507 e. The van der Waals surface area contributed by atoms with Gasteiger partial charge in [-0.15, -0.1) is 0 Å². The largest absolute Gasteiger partial charge is 0.507 e. The van der Waals surface area contributed by atoms with Gasteiger partial charge in [-0.1, -0.05) is 32.0 Å². The van der Waals surface area contributed by atoms with Crippen LogP contribution in [0.2, 0.25) is 0 Å². The molecule has 0 aromatic heterocycles. The van der Waals surface area contributed by atoms with Crippen LogP contribution in [-0.4, -0.2) is 83.0 Å². The third-order valence-electron chi connectivity index (χ3n) is 7.82. The third kappa shape index (κ3) is 5.60. The molecule has 37 heavy (non-hydrogen) atoms. The van der Waals surface area contributed by atoms with Crippen LogP contribution in [0.15, 0.2) is 30.3 Å². The molecule has 3 aliphatic rings. The summed E-state index contributed by atoms with van der Waals surface area (Å²) >= 11 is 0. The van der Waals surface area contributed by atoms with Crippen LogP contribution in [0.5, 0.6) is 11.5 Å². The lowest BCUT2D eigenvalue weighted by atomic mass is 9.98. The number of ether oxygens (including phenoxy) is 1. The summed E-state index contributed by atoms with van der Waals surface area (Å²) in [5.74, 6) is -0.0420. The van der Waals surface area contributed by atoms with Gasteiger partial charge in [0.05, 0.1) is 5.56 Å². The molecule has 2 amide bonds. The van der Waals surface area contributed by atoms with E-state index in [-0.39, 0.29) is 23.1 Å². The quantitative estimate of drug-likeness (QED) is 0.660. The number of likely N-dealkylation sites (tertiary alicyclic amines) is 1. The monoisotopic (exact) mass is 506 g/mol. The lowest BCUT2D eigenvalue weighted by Gasteiger charge is -2.32. The molecule has 8 heteroatoms. The number of phenols is 1. The molecule has 2 fully saturated rings. The van der Waals surface area contributed by atoms with Gasteiger partial charge in [-0.05, 0) is 54.1 Å².